The summed E-state index contributed by atoms with van der Waals surface area (Å²) in [5, 5.41) is 26.3. The van der Waals surface area contributed by atoms with Crippen molar-refractivity contribution in [1.82, 2.24) is 19.8 Å². The number of carbonyl (C=O) groups excluding carboxylic acids is 6. The molecule has 79 heavy (non-hydrogen) atoms. The van der Waals surface area contributed by atoms with Crippen molar-refractivity contribution in [3.8, 4) is 0 Å². The van der Waals surface area contributed by atoms with Crippen molar-refractivity contribution in [2.75, 3.05) is 47.6 Å². The molecule has 5 rings (SSSR count). The lowest BCUT2D eigenvalue weighted by atomic mass is 9.78. The van der Waals surface area contributed by atoms with E-state index in [1.54, 1.807) is 47.3 Å². The third-order valence-electron chi connectivity index (χ3n) is 16.6. The lowest BCUT2D eigenvalue weighted by Gasteiger charge is -2.42. The molecular formula is C60H92N4O15. The first kappa shape index (κ1) is 64.9. The van der Waals surface area contributed by atoms with E-state index < -0.39 is 83.9 Å². The van der Waals surface area contributed by atoms with Crippen LogP contribution in [0.4, 0.5) is 4.79 Å². The maximum absolute atomic E-state index is 14.6. The van der Waals surface area contributed by atoms with Gasteiger partial charge in [0.05, 0.1) is 31.0 Å². The number of cyclic esters (lactones) is 1. The average molecular weight is 1110 g/mol. The molecule has 0 spiro atoms. The van der Waals surface area contributed by atoms with Crippen molar-refractivity contribution >= 4 is 35.3 Å². The van der Waals surface area contributed by atoms with Crippen molar-refractivity contribution in [2.24, 2.45) is 42.6 Å². The number of amides is 2. The van der Waals surface area contributed by atoms with Gasteiger partial charge in [0, 0.05) is 90.9 Å². The molecule has 4 aliphatic rings. The predicted molar refractivity (Wildman–Crippen MR) is 295 cm³/mol. The number of ketones is 3. The van der Waals surface area contributed by atoms with Crippen LogP contribution in [0.1, 0.15) is 131 Å². The molecule has 19 nitrogen and oxygen atoms in total. The van der Waals surface area contributed by atoms with E-state index >= 15 is 0 Å². The minimum Gasteiger partial charge on any atom is -0.460 e. The number of aromatic nitrogens is 2. The van der Waals surface area contributed by atoms with Crippen LogP contribution < -0.4 is 5.32 Å². The molecule has 3 fully saturated rings. The van der Waals surface area contributed by atoms with E-state index in [9.17, 15) is 39.0 Å². The van der Waals surface area contributed by atoms with E-state index in [1.165, 1.54) is 12.0 Å². The topological polar surface area (TPSA) is 241 Å². The number of ether oxygens (including phenoxy) is 7. The number of imidazole rings is 1. The summed E-state index contributed by atoms with van der Waals surface area (Å²) in [6.45, 7) is 13.4. The van der Waals surface area contributed by atoms with Gasteiger partial charge in [-0.15, -0.1) is 0 Å². The fraction of sp³-hybridized carbons (Fsp3) is 0.717. The lowest BCUT2D eigenvalue weighted by Crippen LogP contribution is -2.61. The van der Waals surface area contributed by atoms with E-state index in [1.807, 2.05) is 75.9 Å². The highest BCUT2D eigenvalue weighted by atomic mass is 16.6. The van der Waals surface area contributed by atoms with E-state index in [4.69, 9.17) is 33.2 Å². The third-order valence-corrected chi connectivity index (χ3v) is 16.6. The molecule has 1 aromatic rings. The number of carbonyl (C=O) groups is 6. The Morgan fingerprint density at radius 1 is 0.899 bits per heavy atom. The fourth-order valence-electron chi connectivity index (χ4n) is 11.6. The summed E-state index contributed by atoms with van der Waals surface area (Å²) in [5.74, 6) is -7.41. The number of hydrogen-bond acceptors (Lipinski definition) is 16. The summed E-state index contributed by atoms with van der Waals surface area (Å²) in [7, 11) is 6.45. The molecule has 1 aromatic heterocycles. The molecular weight excluding hydrogens is 1020 g/mol. The van der Waals surface area contributed by atoms with Gasteiger partial charge < -0.3 is 58.2 Å². The molecule has 3 N–H and O–H groups in total. The van der Waals surface area contributed by atoms with E-state index in [0.717, 1.165) is 17.8 Å². The van der Waals surface area contributed by atoms with Gasteiger partial charge in [0.25, 0.3) is 11.7 Å². The summed E-state index contributed by atoms with van der Waals surface area (Å²) in [6, 6.07) is -1.17. The lowest BCUT2D eigenvalue weighted by molar-refractivity contribution is -0.265. The van der Waals surface area contributed by atoms with Gasteiger partial charge in [0.15, 0.2) is 5.78 Å². The van der Waals surface area contributed by atoms with Gasteiger partial charge >= 0.3 is 12.1 Å². The Morgan fingerprint density at radius 2 is 1.66 bits per heavy atom. The molecule has 15 atom stereocenters. The first-order valence-corrected chi connectivity index (χ1v) is 28.6. The number of aryl methyl sites for hydroxylation is 1. The number of alkyl carbamates (subject to hydrolysis) is 1. The summed E-state index contributed by atoms with van der Waals surface area (Å²) in [4.78, 5) is 89.3. The largest absolute Gasteiger partial charge is 0.460 e. The maximum atomic E-state index is 14.6. The van der Waals surface area contributed by atoms with Gasteiger partial charge in [-0.3, -0.25) is 19.2 Å². The normalized spacial score (nSPS) is 35.2. The van der Waals surface area contributed by atoms with E-state index in [2.05, 4.69) is 10.3 Å². The fourth-order valence-corrected chi connectivity index (χ4v) is 11.6. The van der Waals surface area contributed by atoms with Crippen LogP contribution in [0.5, 0.6) is 0 Å². The SMILES string of the molecule is CO[C@H]1C[C@@H]2CC[C@@H](C)[C@@](O)(O2)C(=O)C(=O)N2CCCC[C@H]2C(=O)O[C@H]([C@H](C)C[C@@H]2CC[C@@H](OCCNC(=O)OCCc3nccn3C)[C@H](OC)C2)CC(=O)[C@H](C)/C=C(\C)[C@@H](O)[C@@H](OC)C(=O)[C@H](C)C[C@H](C)/C=C/C=C/C=C/1C. The van der Waals surface area contributed by atoms with Crippen LogP contribution in [0.3, 0.4) is 0 Å². The molecule has 19 heteroatoms. The highest BCUT2D eigenvalue weighted by Gasteiger charge is 2.53. The molecule has 0 unspecified atom stereocenters. The Labute approximate surface area is 468 Å². The van der Waals surface area contributed by atoms with Gasteiger partial charge in [-0.25, -0.2) is 14.6 Å². The minimum absolute atomic E-state index is 0.00248. The summed E-state index contributed by atoms with van der Waals surface area (Å²) in [6.07, 6.45) is 14.9. The Kier molecular flexibility index (Phi) is 25.8. The smallest absolute Gasteiger partial charge is 0.407 e. The van der Waals surface area contributed by atoms with Crippen molar-refractivity contribution in [1.29, 1.82) is 0 Å². The number of Topliss-reactive ketones (excluding diaryl/α,β-unsaturated/α-hetero) is 3. The van der Waals surface area contributed by atoms with E-state index in [0.29, 0.717) is 69.8 Å². The van der Waals surface area contributed by atoms with Crippen LogP contribution in [0.15, 0.2) is 60.0 Å². The van der Waals surface area contributed by atoms with Crippen LogP contribution in [0, 0.1) is 35.5 Å². The van der Waals surface area contributed by atoms with Gasteiger partial charge in [-0.1, -0.05) is 71.1 Å². The molecule has 2 bridgehead atoms. The summed E-state index contributed by atoms with van der Waals surface area (Å²) in [5.41, 5.74) is 1.24. The van der Waals surface area contributed by atoms with Crippen LogP contribution in [0.2, 0.25) is 0 Å². The number of rotatable bonds is 13. The summed E-state index contributed by atoms with van der Waals surface area (Å²) >= 11 is 0. The van der Waals surface area contributed by atoms with Crippen LogP contribution >= 0.6 is 0 Å². The van der Waals surface area contributed by atoms with Gasteiger partial charge in [-0.2, -0.15) is 0 Å². The number of nitrogens with zero attached hydrogens (tertiary/aromatic N) is 3. The number of esters is 1. The zero-order valence-electron chi connectivity index (χ0n) is 48.8. The highest BCUT2D eigenvalue weighted by molar-refractivity contribution is 6.39. The Hall–Kier alpha value is -4.89. The quantitative estimate of drug-likeness (QED) is 0.0787. The molecule has 4 heterocycles. The van der Waals surface area contributed by atoms with Crippen LogP contribution in [0.25, 0.3) is 0 Å². The standard InChI is InChI=1S/C60H92N4O15/c1-37-17-13-12-14-18-38(2)49(73-9)35-45-22-20-43(7)60(72,79-45)56(68)57(69)64-27-16-15-19-46(64)58(70)78-50(36-47(65)39(3)32-42(6)54(67)55(75-11)53(66)41(5)31-37)40(4)33-44-21-23-48(51(34-44)74-10)76-30-26-62-59(71)77-29-24-52-61-25-28-63(52)8/h12-14,17-18,25,28,32,37,39-41,43-46,48-51,54-55,67,72H,15-16,19-24,26-27,29-31,33-36H2,1-11H3,(H,62,71)/b14-12+,17-13+,38-18+,42-32+/t37-,39-,40-,41-,43-,44+,45+,46+,48-,49+,50+,51-,54-,55+,60-/m1/s1. The van der Waals surface area contributed by atoms with E-state index in [-0.39, 0.29) is 80.7 Å². The van der Waals surface area contributed by atoms with Crippen molar-refractivity contribution < 1.29 is 72.1 Å². The second-order valence-electron chi connectivity index (χ2n) is 22.7. The highest BCUT2D eigenvalue weighted by Crippen LogP contribution is 2.38. The molecule has 2 saturated heterocycles. The van der Waals surface area contributed by atoms with Gasteiger partial charge in [-0.05, 0) is 107 Å². The Balaban J connectivity index is 1.36. The Bertz CT molecular complexity index is 2310. The second kappa shape index (κ2) is 31.4. The van der Waals surface area contributed by atoms with Crippen molar-refractivity contribution in [3.05, 3.63) is 65.8 Å². The molecule has 1 saturated carbocycles. The molecule has 442 valence electrons. The maximum Gasteiger partial charge on any atom is 0.407 e. The number of methoxy groups -OCH3 is 3. The van der Waals surface area contributed by atoms with Gasteiger partial charge in [0.1, 0.15) is 42.6 Å². The third kappa shape index (κ3) is 18.3. The molecule has 1 aliphatic carbocycles. The van der Waals surface area contributed by atoms with Gasteiger partial charge in [0.2, 0.25) is 5.79 Å². The first-order valence-electron chi connectivity index (χ1n) is 28.6. The number of piperidine rings is 1. The van der Waals surface area contributed by atoms with Crippen LogP contribution in [-0.2, 0) is 70.6 Å². The zero-order valence-corrected chi connectivity index (χ0v) is 48.8. The Morgan fingerprint density at radius 3 is 2.35 bits per heavy atom. The number of allylic oxidation sites excluding steroid dienone is 6. The average Bonchev–Trinajstić information content (AvgIpc) is 3.93. The molecule has 3 aliphatic heterocycles. The number of nitrogens with one attached hydrogen (secondary N) is 1. The number of hydrogen-bond donors (Lipinski definition) is 3. The number of aliphatic hydroxyl groups is 2. The molecule has 0 radical (unpaired) electrons. The first-order chi connectivity index (χ1) is 37.6. The molecule has 0 aromatic carbocycles. The van der Waals surface area contributed by atoms with Crippen LogP contribution in [-0.4, -0.2) is 162 Å². The zero-order chi connectivity index (χ0) is 58.0. The minimum atomic E-state index is -2.45. The van der Waals surface area contributed by atoms with Crippen molar-refractivity contribution in [3.63, 3.8) is 0 Å². The molecule has 2 amide bonds. The summed E-state index contributed by atoms with van der Waals surface area (Å²) < 4.78 is 43.3. The second-order valence-corrected chi connectivity index (χ2v) is 22.7. The van der Waals surface area contributed by atoms with Crippen molar-refractivity contribution in [2.45, 2.75) is 186 Å². The number of fused-ring (bicyclic) bond motifs is 3. The number of aliphatic hydroxyl groups excluding tert-OH is 1. The monoisotopic (exact) mass is 1110 g/mol. The predicted octanol–water partition coefficient (Wildman–Crippen LogP) is 6.91.